The quantitative estimate of drug-likeness (QED) is 0.244. The molecule has 3 unspecified atom stereocenters. The van der Waals surface area contributed by atoms with Gasteiger partial charge in [0.25, 0.3) is 10.1 Å². The fourth-order valence-corrected chi connectivity index (χ4v) is 7.12. The standard InChI is InChI=1S/C25H36B3F3O7S/c26-10-17-5-18(11-27)20(12-28)19(6-17)13-37-23(33)24(7-15-2-1-3-16(4-15)8-24)9-22(32)38-21(25(29,30)31)14-39(34,35)36/h5-6,15-16,21H,1-4,7-14,26-28H2,(H,34,35,36). The third-order valence-corrected chi connectivity index (χ3v) is 8.89. The largest absolute Gasteiger partial charge is 0.460 e. The van der Waals surface area contributed by atoms with Crippen molar-refractivity contribution in [3.8, 4) is 0 Å². The molecule has 2 bridgehead atoms. The number of fused-ring (bicyclic) bond motifs is 2. The summed E-state index contributed by atoms with van der Waals surface area (Å²) in [5.74, 6) is -3.52. The molecule has 0 aliphatic heterocycles. The number of hydrogen-bond acceptors (Lipinski definition) is 6. The van der Waals surface area contributed by atoms with E-state index in [2.05, 4.69) is 18.6 Å². The minimum Gasteiger partial charge on any atom is -0.460 e. The highest BCUT2D eigenvalue weighted by Gasteiger charge is 2.51. The number of ether oxygens (including phenoxy) is 2. The molecule has 2 aliphatic carbocycles. The van der Waals surface area contributed by atoms with E-state index >= 15 is 0 Å². The Morgan fingerprint density at radius 3 is 2.18 bits per heavy atom. The van der Waals surface area contributed by atoms with Gasteiger partial charge in [-0.3, -0.25) is 14.1 Å². The van der Waals surface area contributed by atoms with Crippen molar-refractivity contribution in [2.45, 2.75) is 82.8 Å². The molecule has 7 nitrogen and oxygen atoms in total. The molecule has 0 amide bonds. The number of alkyl halides is 3. The fourth-order valence-electron chi connectivity index (χ4n) is 6.48. The first-order valence-electron chi connectivity index (χ1n) is 13.7. The molecular weight excluding hydrogens is 534 g/mol. The summed E-state index contributed by atoms with van der Waals surface area (Å²) in [6, 6.07) is 4.15. The second kappa shape index (κ2) is 12.7. The van der Waals surface area contributed by atoms with Crippen LogP contribution >= 0.6 is 0 Å². The molecule has 0 heterocycles. The van der Waals surface area contributed by atoms with Crippen LogP contribution in [0.25, 0.3) is 0 Å². The highest BCUT2D eigenvalue weighted by molar-refractivity contribution is 7.85. The zero-order chi connectivity index (χ0) is 29.0. The first-order valence-corrected chi connectivity index (χ1v) is 15.3. The Labute approximate surface area is 230 Å². The predicted molar refractivity (Wildman–Crippen MR) is 147 cm³/mol. The van der Waals surface area contributed by atoms with Gasteiger partial charge in [-0.1, -0.05) is 61.5 Å². The first-order chi connectivity index (χ1) is 18.2. The molecule has 2 saturated carbocycles. The van der Waals surface area contributed by atoms with E-state index in [9.17, 15) is 31.2 Å². The maximum atomic E-state index is 13.7. The minimum absolute atomic E-state index is 0.0110. The topological polar surface area (TPSA) is 107 Å². The summed E-state index contributed by atoms with van der Waals surface area (Å²) >= 11 is 0. The van der Waals surface area contributed by atoms with Crippen LogP contribution in [0.4, 0.5) is 13.2 Å². The minimum atomic E-state index is -5.21. The summed E-state index contributed by atoms with van der Waals surface area (Å²) in [5.41, 5.74) is 2.89. The zero-order valence-electron chi connectivity index (χ0n) is 22.8. The molecule has 39 heavy (non-hydrogen) atoms. The van der Waals surface area contributed by atoms with Crippen molar-refractivity contribution in [2.24, 2.45) is 17.3 Å². The summed E-state index contributed by atoms with van der Waals surface area (Å²) in [5, 5.41) is 0. The maximum Gasteiger partial charge on any atom is 0.426 e. The van der Waals surface area contributed by atoms with E-state index in [1.165, 1.54) is 5.56 Å². The molecule has 1 aromatic carbocycles. The molecule has 0 spiro atoms. The second-order valence-electron chi connectivity index (χ2n) is 11.1. The van der Waals surface area contributed by atoms with Crippen LogP contribution in [0.3, 0.4) is 0 Å². The van der Waals surface area contributed by atoms with E-state index in [1.807, 2.05) is 21.8 Å². The Hall–Kier alpha value is -1.95. The van der Waals surface area contributed by atoms with Gasteiger partial charge >= 0.3 is 18.1 Å². The van der Waals surface area contributed by atoms with Gasteiger partial charge in [0.05, 0.1) is 11.8 Å². The van der Waals surface area contributed by atoms with Crippen LogP contribution < -0.4 is 0 Å². The number of carbonyl (C=O) groups is 2. The molecule has 0 radical (unpaired) electrons. The molecule has 0 saturated heterocycles. The van der Waals surface area contributed by atoms with E-state index in [4.69, 9.17) is 9.29 Å². The van der Waals surface area contributed by atoms with Crippen molar-refractivity contribution in [3.05, 3.63) is 34.4 Å². The predicted octanol–water partition coefficient (Wildman–Crippen LogP) is 1.47. The number of carbonyl (C=O) groups excluding carboxylic acids is 2. The molecule has 14 heteroatoms. The molecular formula is C25H36B3F3O7S. The van der Waals surface area contributed by atoms with E-state index in [1.54, 1.807) is 0 Å². The van der Waals surface area contributed by atoms with Gasteiger partial charge in [-0.05, 0) is 42.2 Å². The highest BCUT2D eigenvalue weighted by Crippen LogP contribution is 2.51. The van der Waals surface area contributed by atoms with E-state index in [0.717, 1.165) is 61.3 Å². The Bertz CT molecular complexity index is 1150. The van der Waals surface area contributed by atoms with Gasteiger partial charge in [-0.15, -0.1) is 0 Å². The van der Waals surface area contributed by atoms with Crippen LogP contribution in [0.5, 0.6) is 0 Å². The van der Waals surface area contributed by atoms with Crippen molar-refractivity contribution in [1.82, 2.24) is 0 Å². The molecule has 1 N–H and O–H groups in total. The van der Waals surface area contributed by atoms with Crippen LogP contribution in [-0.2, 0) is 54.7 Å². The van der Waals surface area contributed by atoms with Gasteiger partial charge in [0, 0.05) is 0 Å². The SMILES string of the molecule is BCc1cc(CB)c(CB)c(COC(=O)C2(CC(=O)OC(CS(=O)(=O)O)C(F)(F)F)CC3CCCC(C3)C2)c1. The van der Waals surface area contributed by atoms with Gasteiger partial charge in [0.15, 0.2) is 0 Å². The molecule has 214 valence electrons. The summed E-state index contributed by atoms with van der Waals surface area (Å²) in [4.78, 5) is 26.5. The lowest BCUT2D eigenvalue weighted by molar-refractivity contribution is -0.217. The Kier molecular flexibility index (Phi) is 10.3. The van der Waals surface area contributed by atoms with Crippen molar-refractivity contribution in [1.29, 1.82) is 0 Å². The fraction of sp³-hybridized carbons (Fsp3) is 0.680. The van der Waals surface area contributed by atoms with Gasteiger partial charge < -0.3 is 9.47 Å². The van der Waals surface area contributed by atoms with Crippen molar-refractivity contribution < 1.29 is 45.2 Å². The normalized spacial score (nSPS) is 24.1. The van der Waals surface area contributed by atoms with Gasteiger partial charge in [-0.25, -0.2) is 0 Å². The van der Waals surface area contributed by atoms with Crippen molar-refractivity contribution >= 4 is 45.6 Å². The molecule has 3 atom stereocenters. The van der Waals surface area contributed by atoms with Crippen molar-refractivity contribution in [3.63, 3.8) is 0 Å². The summed E-state index contributed by atoms with van der Waals surface area (Å²) in [6.07, 6.45) is -2.35. The first kappa shape index (κ1) is 31.6. The van der Waals surface area contributed by atoms with E-state index in [-0.39, 0.29) is 18.4 Å². The number of hydrogen-bond donors (Lipinski definition) is 1. The van der Waals surface area contributed by atoms with Gasteiger partial charge in [-0.2, -0.15) is 21.6 Å². The Balaban J connectivity index is 1.86. The number of benzene rings is 1. The average molecular weight is 570 g/mol. The maximum absolute atomic E-state index is 13.7. The Morgan fingerprint density at radius 2 is 1.67 bits per heavy atom. The lowest BCUT2D eigenvalue weighted by atomic mass is 9.59. The van der Waals surface area contributed by atoms with Crippen LogP contribution in [-0.4, -0.2) is 66.5 Å². The van der Waals surface area contributed by atoms with E-state index in [0.29, 0.717) is 12.8 Å². The average Bonchev–Trinajstić information content (AvgIpc) is 2.84. The summed E-state index contributed by atoms with van der Waals surface area (Å²) in [7, 11) is 1.04. The van der Waals surface area contributed by atoms with Crippen LogP contribution in [0, 0.1) is 17.3 Å². The van der Waals surface area contributed by atoms with Crippen LogP contribution in [0.15, 0.2) is 12.1 Å². The Morgan fingerprint density at radius 1 is 1.05 bits per heavy atom. The van der Waals surface area contributed by atoms with Gasteiger partial charge in [0.1, 0.15) is 35.9 Å². The monoisotopic (exact) mass is 570 g/mol. The van der Waals surface area contributed by atoms with Crippen LogP contribution in [0.2, 0.25) is 0 Å². The van der Waals surface area contributed by atoms with Crippen molar-refractivity contribution in [2.75, 3.05) is 5.75 Å². The highest BCUT2D eigenvalue weighted by atomic mass is 32.2. The third-order valence-electron chi connectivity index (χ3n) is 8.16. The number of esters is 2. The molecule has 3 rings (SSSR count). The lowest BCUT2D eigenvalue weighted by Crippen LogP contribution is -2.46. The van der Waals surface area contributed by atoms with E-state index < -0.39 is 51.9 Å². The third kappa shape index (κ3) is 8.28. The number of rotatable bonds is 11. The zero-order valence-corrected chi connectivity index (χ0v) is 23.6. The van der Waals surface area contributed by atoms with Crippen LogP contribution in [0.1, 0.15) is 67.2 Å². The molecule has 2 aliphatic rings. The number of halogens is 3. The summed E-state index contributed by atoms with van der Waals surface area (Å²) < 4.78 is 81.7. The molecule has 2 fully saturated rings. The summed E-state index contributed by atoms with van der Waals surface area (Å²) in [6.45, 7) is -0.0110. The molecule has 0 aromatic heterocycles. The molecule has 1 aromatic rings. The van der Waals surface area contributed by atoms with Gasteiger partial charge in [0.2, 0.25) is 6.10 Å². The second-order valence-corrected chi connectivity index (χ2v) is 12.6. The lowest BCUT2D eigenvalue weighted by Gasteiger charge is -2.45. The smallest absolute Gasteiger partial charge is 0.426 e.